The highest BCUT2D eigenvalue weighted by Gasteiger charge is 2.10. The highest BCUT2D eigenvalue weighted by molar-refractivity contribution is 6.03. The highest BCUT2D eigenvalue weighted by atomic mass is 19.1. The number of Topliss-reactive ketones (excluding diaryl/α,β-unsaturated/α-hetero) is 1. The number of amides is 1. The molecule has 0 radical (unpaired) electrons. The van der Waals surface area contributed by atoms with Gasteiger partial charge in [0.05, 0.1) is 0 Å². The second-order valence-corrected chi connectivity index (χ2v) is 5.49. The van der Waals surface area contributed by atoms with Crippen LogP contribution in [0.15, 0.2) is 60.8 Å². The Balaban J connectivity index is 1.72. The molecule has 7 heteroatoms. The van der Waals surface area contributed by atoms with Gasteiger partial charge >= 0.3 is 0 Å². The topological polar surface area (TPSA) is 84.0 Å². The van der Waals surface area contributed by atoms with Gasteiger partial charge in [-0.1, -0.05) is 6.07 Å². The Hall–Kier alpha value is -3.61. The molecule has 0 aliphatic heterocycles. The monoisotopic (exact) mass is 350 g/mol. The molecule has 1 heterocycles. The number of benzene rings is 2. The fraction of sp³-hybridized carbons (Fsp3) is 0.0526. The van der Waals surface area contributed by atoms with Crippen molar-refractivity contribution < 1.29 is 14.0 Å². The highest BCUT2D eigenvalue weighted by Crippen LogP contribution is 2.15. The van der Waals surface area contributed by atoms with Gasteiger partial charge in [0.15, 0.2) is 5.78 Å². The largest absolute Gasteiger partial charge is 0.324 e. The summed E-state index contributed by atoms with van der Waals surface area (Å²) in [6.07, 6.45) is 1.43. The molecule has 0 fully saturated rings. The van der Waals surface area contributed by atoms with Gasteiger partial charge in [0.2, 0.25) is 5.95 Å². The number of rotatable bonds is 5. The first kappa shape index (κ1) is 17.2. The zero-order valence-corrected chi connectivity index (χ0v) is 13.9. The van der Waals surface area contributed by atoms with Crippen LogP contribution in [0.1, 0.15) is 27.8 Å². The maximum Gasteiger partial charge on any atom is 0.274 e. The number of hydrogen-bond acceptors (Lipinski definition) is 5. The first-order valence-corrected chi connectivity index (χ1v) is 7.79. The predicted octanol–water partition coefficient (Wildman–Crippen LogP) is 3.81. The molecule has 0 bridgehead atoms. The maximum atomic E-state index is 13.2. The Morgan fingerprint density at radius 2 is 1.77 bits per heavy atom. The number of nitrogens with one attached hydrogen (secondary N) is 2. The Bertz CT molecular complexity index is 958. The van der Waals surface area contributed by atoms with Crippen molar-refractivity contribution in [3.05, 3.63) is 77.9 Å². The van der Waals surface area contributed by atoms with Crippen molar-refractivity contribution in [2.75, 3.05) is 10.6 Å². The number of anilines is 3. The fourth-order valence-corrected chi connectivity index (χ4v) is 2.22. The molecular formula is C19H15FN4O2. The van der Waals surface area contributed by atoms with Gasteiger partial charge in [0.25, 0.3) is 5.91 Å². The van der Waals surface area contributed by atoms with Crippen LogP contribution in [0, 0.1) is 5.82 Å². The normalized spacial score (nSPS) is 10.2. The molecule has 0 saturated heterocycles. The number of carbonyl (C=O) groups excluding carboxylic acids is 2. The predicted molar refractivity (Wildman–Crippen MR) is 96.1 cm³/mol. The first-order valence-electron chi connectivity index (χ1n) is 7.79. The third kappa shape index (κ3) is 4.27. The number of carbonyl (C=O) groups is 2. The van der Waals surface area contributed by atoms with Crippen LogP contribution in [0.2, 0.25) is 0 Å². The van der Waals surface area contributed by atoms with Crippen LogP contribution >= 0.6 is 0 Å². The lowest BCUT2D eigenvalue weighted by Crippen LogP contribution is -2.14. The summed E-state index contributed by atoms with van der Waals surface area (Å²) >= 11 is 0. The van der Waals surface area contributed by atoms with E-state index < -0.39 is 11.7 Å². The molecule has 0 aliphatic carbocycles. The summed E-state index contributed by atoms with van der Waals surface area (Å²) in [4.78, 5) is 31.8. The van der Waals surface area contributed by atoms with Gasteiger partial charge in [0, 0.05) is 23.1 Å². The van der Waals surface area contributed by atoms with E-state index in [1.54, 1.807) is 36.4 Å². The molecule has 2 N–H and O–H groups in total. The second kappa shape index (κ2) is 7.52. The first-order chi connectivity index (χ1) is 12.5. The molecule has 0 spiro atoms. The molecule has 0 saturated carbocycles. The number of halogens is 1. The minimum Gasteiger partial charge on any atom is -0.324 e. The number of nitrogens with zero attached hydrogens (tertiary/aromatic N) is 2. The van der Waals surface area contributed by atoms with Gasteiger partial charge in [0.1, 0.15) is 11.5 Å². The van der Waals surface area contributed by atoms with Gasteiger partial charge in [-0.3, -0.25) is 9.59 Å². The van der Waals surface area contributed by atoms with E-state index in [1.807, 2.05) is 0 Å². The summed E-state index contributed by atoms with van der Waals surface area (Å²) in [5.41, 5.74) is 1.72. The average molecular weight is 350 g/mol. The summed E-state index contributed by atoms with van der Waals surface area (Å²) in [7, 11) is 0. The molecule has 26 heavy (non-hydrogen) atoms. The minimum absolute atomic E-state index is 0.0493. The number of hydrogen-bond donors (Lipinski definition) is 2. The van der Waals surface area contributed by atoms with Crippen LogP contribution in [0.25, 0.3) is 0 Å². The van der Waals surface area contributed by atoms with Crippen LogP contribution in [0.5, 0.6) is 0 Å². The zero-order chi connectivity index (χ0) is 18.5. The van der Waals surface area contributed by atoms with E-state index in [1.165, 1.54) is 31.3 Å². The Morgan fingerprint density at radius 3 is 2.46 bits per heavy atom. The summed E-state index contributed by atoms with van der Waals surface area (Å²) in [5, 5.41) is 5.54. The van der Waals surface area contributed by atoms with Crippen molar-refractivity contribution >= 4 is 29.0 Å². The van der Waals surface area contributed by atoms with Crippen molar-refractivity contribution in [2.45, 2.75) is 6.92 Å². The summed E-state index contributed by atoms with van der Waals surface area (Å²) in [5.74, 6) is -0.690. The lowest BCUT2D eigenvalue weighted by molar-refractivity contribution is 0.101. The number of ketones is 1. The van der Waals surface area contributed by atoms with E-state index in [2.05, 4.69) is 20.6 Å². The van der Waals surface area contributed by atoms with E-state index in [0.29, 0.717) is 16.9 Å². The van der Waals surface area contributed by atoms with E-state index in [4.69, 9.17) is 0 Å². The van der Waals surface area contributed by atoms with E-state index in [9.17, 15) is 14.0 Å². The van der Waals surface area contributed by atoms with Crippen LogP contribution in [0.4, 0.5) is 21.7 Å². The van der Waals surface area contributed by atoms with Gasteiger partial charge in [-0.05, 0) is 55.5 Å². The molecule has 6 nitrogen and oxygen atoms in total. The molecule has 0 atom stereocenters. The second-order valence-electron chi connectivity index (χ2n) is 5.49. The number of aromatic nitrogens is 2. The smallest absolute Gasteiger partial charge is 0.274 e. The SMILES string of the molecule is CC(=O)c1ccc(NC(=O)c2ccnc(Nc3cccc(F)c3)n2)cc1. The Morgan fingerprint density at radius 1 is 1.00 bits per heavy atom. The molecule has 2 aromatic carbocycles. The van der Waals surface area contributed by atoms with Crippen molar-refractivity contribution in [1.29, 1.82) is 0 Å². The van der Waals surface area contributed by atoms with Gasteiger partial charge in [-0.25, -0.2) is 14.4 Å². The van der Waals surface area contributed by atoms with Gasteiger partial charge in [-0.2, -0.15) is 0 Å². The molecule has 1 aromatic heterocycles. The van der Waals surface area contributed by atoms with Crippen molar-refractivity contribution in [3.63, 3.8) is 0 Å². The maximum absolute atomic E-state index is 13.2. The summed E-state index contributed by atoms with van der Waals surface area (Å²) < 4.78 is 13.2. The molecule has 3 aromatic rings. The summed E-state index contributed by atoms with van der Waals surface area (Å²) in [6.45, 7) is 1.47. The molecule has 1 amide bonds. The minimum atomic E-state index is -0.426. The van der Waals surface area contributed by atoms with Crippen LogP contribution in [-0.4, -0.2) is 21.7 Å². The van der Waals surface area contributed by atoms with E-state index in [0.717, 1.165) is 0 Å². The third-order valence-corrected chi connectivity index (χ3v) is 3.52. The van der Waals surface area contributed by atoms with Crippen molar-refractivity contribution in [2.24, 2.45) is 0 Å². The average Bonchev–Trinajstić information content (AvgIpc) is 2.62. The van der Waals surface area contributed by atoms with E-state index in [-0.39, 0.29) is 17.4 Å². The van der Waals surface area contributed by atoms with Gasteiger partial charge < -0.3 is 10.6 Å². The Labute approximate surface area is 149 Å². The Kier molecular flexibility index (Phi) is 4.98. The molecule has 0 aliphatic rings. The zero-order valence-electron chi connectivity index (χ0n) is 13.9. The fourth-order valence-electron chi connectivity index (χ4n) is 2.22. The molecule has 0 unspecified atom stereocenters. The van der Waals surface area contributed by atoms with Gasteiger partial charge in [-0.15, -0.1) is 0 Å². The molecular weight excluding hydrogens is 335 g/mol. The third-order valence-electron chi connectivity index (χ3n) is 3.52. The lowest BCUT2D eigenvalue weighted by Gasteiger charge is -2.08. The van der Waals surface area contributed by atoms with Crippen molar-refractivity contribution in [1.82, 2.24) is 9.97 Å². The summed E-state index contributed by atoms with van der Waals surface area (Å²) in [6, 6.07) is 13.9. The van der Waals surface area contributed by atoms with Crippen molar-refractivity contribution in [3.8, 4) is 0 Å². The van der Waals surface area contributed by atoms with Crippen LogP contribution in [-0.2, 0) is 0 Å². The van der Waals surface area contributed by atoms with E-state index >= 15 is 0 Å². The lowest BCUT2D eigenvalue weighted by atomic mass is 10.1. The molecule has 3 rings (SSSR count). The molecule has 130 valence electrons. The quantitative estimate of drug-likeness (QED) is 0.684. The van der Waals surface area contributed by atoms with Crippen LogP contribution < -0.4 is 10.6 Å². The standard InChI is InChI=1S/C19H15FN4O2/c1-12(25)13-5-7-15(8-6-13)22-18(26)17-9-10-21-19(24-17)23-16-4-2-3-14(20)11-16/h2-11H,1H3,(H,22,26)(H,21,23,24). The van der Waals surface area contributed by atoms with Crippen LogP contribution in [0.3, 0.4) is 0 Å².